The van der Waals surface area contributed by atoms with Gasteiger partial charge >= 0.3 is 12.1 Å². The smallest absolute Gasteiger partial charge is 0.408 e. The molecule has 3 heterocycles. The van der Waals surface area contributed by atoms with E-state index < -0.39 is 47.6 Å². The zero-order valence-corrected chi connectivity index (χ0v) is 30.0. The summed E-state index contributed by atoms with van der Waals surface area (Å²) in [5, 5.41) is 6.44. The maximum atomic E-state index is 14.5. The van der Waals surface area contributed by atoms with Gasteiger partial charge in [0.1, 0.15) is 41.3 Å². The Hall–Kier alpha value is -4.17. The summed E-state index contributed by atoms with van der Waals surface area (Å²) in [5.74, 6) is -1.70. The molecule has 2 aliphatic heterocycles. The number of esters is 1. The number of ketones is 1. The van der Waals surface area contributed by atoms with Gasteiger partial charge in [0, 0.05) is 28.7 Å². The van der Waals surface area contributed by atoms with Crippen molar-refractivity contribution in [3.8, 4) is 5.75 Å². The normalized spacial score (nSPS) is 27.7. The fraction of sp³-hybridized carbons (Fsp3) is 0.568. The number of hydrogen-bond donors (Lipinski definition) is 3. The average molecular weight is 722 g/mol. The van der Waals surface area contributed by atoms with Gasteiger partial charge in [0.2, 0.25) is 11.8 Å². The molecular formula is C37H47N5O8S. The molecule has 0 spiro atoms. The van der Waals surface area contributed by atoms with Crippen LogP contribution in [0, 0.1) is 5.92 Å². The third-order valence-corrected chi connectivity index (χ3v) is 11.2. The molecule has 2 saturated carbocycles. The van der Waals surface area contributed by atoms with Crippen molar-refractivity contribution in [1.29, 1.82) is 0 Å². The van der Waals surface area contributed by atoms with Gasteiger partial charge in [-0.25, -0.2) is 14.6 Å². The Kier molecular flexibility index (Phi) is 11.5. The minimum absolute atomic E-state index is 0.0214. The van der Waals surface area contributed by atoms with Crippen LogP contribution in [0.25, 0.3) is 10.9 Å². The molecule has 274 valence electrons. The molecule has 3 fully saturated rings. The first-order chi connectivity index (χ1) is 24.7. The van der Waals surface area contributed by atoms with E-state index in [4.69, 9.17) is 19.9 Å². The van der Waals surface area contributed by atoms with Crippen LogP contribution in [0.5, 0.6) is 5.75 Å². The number of aromatic nitrogens is 1. The van der Waals surface area contributed by atoms with E-state index in [0.29, 0.717) is 35.9 Å². The van der Waals surface area contributed by atoms with Gasteiger partial charge < -0.3 is 35.5 Å². The van der Waals surface area contributed by atoms with Crippen molar-refractivity contribution in [3.05, 3.63) is 42.1 Å². The number of allylic oxidation sites excluding steroid dienone is 1. The van der Waals surface area contributed by atoms with E-state index in [1.54, 1.807) is 6.07 Å². The van der Waals surface area contributed by atoms with E-state index in [-0.39, 0.29) is 43.0 Å². The molecule has 4 N–H and O–H groups in total. The van der Waals surface area contributed by atoms with Gasteiger partial charge in [0.25, 0.3) is 0 Å². The Morgan fingerprint density at radius 1 is 1.10 bits per heavy atom. The summed E-state index contributed by atoms with van der Waals surface area (Å²) in [6.07, 6.45) is 11.9. The first-order valence-electron chi connectivity index (χ1n) is 17.9. The number of methoxy groups -OCH3 is 1. The second kappa shape index (κ2) is 16.0. The molecule has 3 amide bonds. The molecule has 6 rings (SSSR count). The number of pyridine rings is 1. The average Bonchev–Trinajstić information content (AvgIpc) is 3.41. The summed E-state index contributed by atoms with van der Waals surface area (Å²) in [5.41, 5.74) is 5.20. The maximum absolute atomic E-state index is 14.5. The lowest BCUT2D eigenvalue weighted by Crippen LogP contribution is -2.56. The largest absolute Gasteiger partial charge is 0.488 e. The number of para-hydroxylation sites is 1. The molecule has 0 bridgehead atoms. The number of fused-ring (bicyclic) bond motifs is 3. The minimum atomic E-state index is -1.23. The van der Waals surface area contributed by atoms with Crippen molar-refractivity contribution in [1.82, 2.24) is 20.5 Å². The van der Waals surface area contributed by atoms with Crippen LogP contribution in [-0.2, 0) is 23.9 Å². The number of nitrogens with two attached hydrogens (primary N) is 1. The molecule has 1 aromatic carbocycles. The SMILES string of the molecule is COC(=O)[C@@]12CC1/C=C\CCCCC[C@H](NC(=O)OC1CCCC1)C(=O)N1C[C@H](Oc3cc(C(=O)CN)nc4c(SC)cccc34)C[C@H]1C(=O)N2. The van der Waals surface area contributed by atoms with E-state index in [0.717, 1.165) is 49.8 Å². The Balaban J connectivity index is 1.32. The lowest BCUT2D eigenvalue weighted by atomic mass is 10.0. The molecule has 2 aromatic rings. The highest BCUT2D eigenvalue weighted by atomic mass is 32.2. The van der Waals surface area contributed by atoms with Gasteiger partial charge in [0.15, 0.2) is 5.78 Å². The second-order valence-corrected chi connectivity index (χ2v) is 14.7. The number of thioether (sulfide) groups is 1. The van der Waals surface area contributed by atoms with Crippen LogP contribution in [0.4, 0.5) is 4.79 Å². The molecule has 1 saturated heterocycles. The lowest BCUT2D eigenvalue weighted by Gasteiger charge is -2.29. The topological polar surface area (TPSA) is 179 Å². The number of Topliss-reactive ketones (excluding diaryl/α,β-unsaturated/α-hetero) is 1. The fourth-order valence-corrected chi connectivity index (χ4v) is 8.09. The third kappa shape index (κ3) is 8.01. The van der Waals surface area contributed by atoms with Gasteiger partial charge in [-0.3, -0.25) is 14.4 Å². The fourth-order valence-electron chi connectivity index (χ4n) is 7.53. The van der Waals surface area contributed by atoms with E-state index in [1.165, 1.54) is 23.8 Å². The molecule has 13 nitrogen and oxygen atoms in total. The summed E-state index contributed by atoms with van der Waals surface area (Å²) >= 11 is 1.48. The van der Waals surface area contributed by atoms with Crippen molar-refractivity contribution in [2.45, 2.75) is 105 Å². The Bertz CT molecular complexity index is 1700. The maximum Gasteiger partial charge on any atom is 0.408 e. The van der Waals surface area contributed by atoms with Crippen LogP contribution in [0.1, 0.15) is 81.1 Å². The van der Waals surface area contributed by atoms with Crippen molar-refractivity contribution in [2.24, 2.45) is 11.7 Å². The van der Waals surface area contributed by atoms with Crippen LogP contribution in [0.3, 0.4) is 0 Å². The predicted molar refractivity (Wildman–Crippen MR) is 190 cm³/mol. The lowest BCUT2D eigenvalue weighted by molar-refractivity contribution is -0.148. The summed E-state index contributed by atoms with van der Waals surface area (Å²) in [6, 6.07) is 5.22. The monoisotopic (exact) mass is 721 g/mol. The Labute approximate surface area is 301 Å². The molecule has 1 unspecified atom stereocenters. The summed E-state index contributed by atoms with van der Waals surface area (Å²) in [7, 11) is 1.29. The van der Waals surface area contributed by atoms with Crippen molar-refractivity contribution in [3.63, 3.8) is 0 Å². The quantitative estimate of drug-likeness (QED) is 0.155. The van der Waals surface area contributed by atoms with Crippen molar-refractivity contribution < 1.29 is 38.2 Å². The van der Waals surface area contributed by atoms with E-state index in [9.17, 15) is 24.0 Å². The van der Waals surface area contributed by atoms with Crippen LogP contribution in [0.2, 0.25) is 0 Å². The zero-order chi connectivity index (χ0) is 36.1. The van der Waals surface area contributed by atoms with Gasteiger partial charge in [-0.15, -0.1) is 11.8 Å². The highest BCUT2D eigenvalue weighted by Crippen LogP contribution is 2.46. The molecule has 0 radical (unpaired) electrons. The molecule has 51 heavy (non-hydrogen) atoms. The molecular weight excluding hydrogens is 675 g/mol. The number of alkyl carbamates (subject to hydrolysis) is 1. The number of nitrogens with one attached hydrogen (secondary N) is 2. The van der Waals surface area contributed by atoms with Crippen molar-refractivity contribution >= 4 is 52.3 Å². The highest BCUT2D eigenvalue weighted by Gasteiger charge is 2.62. The number of carbonyl (C=O) groups excluding carboxylic acids is 5. The molecule has 14 heteroatoms. The Morgan fingerprint density at radius 2 is 1.88 bits per heavy atom. The number of ether oxygens (including phenoxy) is 3. The first-order valence-corrected chi connectivity index (χ1v) is 19.1. The second-order valence-electron chi connectivity index (χ2n) is 13.8. The standard InChI is InChI=1S/C37H47N5O8S/c1-48-35(46)37-19-22(37)11-6-4-3-5-7-15-26(40-36(47)50-23-12-8-9-13-23)34(45)42-21-24(17-28(42)33(44)41-37)49-30-18-27(29(43)20-38)39-32-25(30)14-10-16-31(32)51-2/h6,10-11,14,16,18,22-24,26,28H,3-5,7-9,12-13,15,17,19-21,38H2,1-2H3,(H,40,47)(H,41,44)/b11-6-/t22?,24-,26+,28+,37-/m1/s1. The minimum Gasteiger partial charge on any atom is -0.488 e. The van der Waals surface area contributed by atoms with Crippen molar-refractivity contribution in [2.75, 3.05) is 26.5 Å². The number of nitrogens with zero attached hydrogens (tertiary/aromatic N) is 2. The molecule has 2 aliphatic carbocycles. The van der Waals surface area contributed by atoms with Gasteiger partial charge in [-0.05, 0) is 69.8 Å². The van der Waals surface area contributed by atoms with Crippen LogP contribution < -0.4 is 21.1 Å². The van der Waals surface area contributed by atoms with Gasteiger partial charge in [-0.1, -0.05) is 31.1 Å². The predicted octanol–water partition coefficient (Wildman–Crippen LogP) is 4.05. The third-order valence-electron chi connectivity index (χ3n) is 10.4. The van der Waals surface area contributed by atoms with E-state index in [2.05, 4.69) is 15.6 Å². The Morgan fingerprint density at radius 3 is 2.63 bits per heavy atom. The number of rotatable bonds is 8. The molecule has 1 aromatic heterocycles. The molecule has 4 aliphatic rings. The van der Waals surface area contributed by atoms with Crippen LogP contribution in [0.15, 0.2) is 41.3 Å². The van der Waals surface area contributed by atoms with E-state index >= 15 is 0 Å². The van der Waals surface area contributed by atoms with Gasteiger partial charge in [-0.2, -0.15) is 0 Å². The first kappa shape index (κ1) is 36.6. The molecule has 5 atom stereocenters. The summed E-state index contributed by atoms with van der Waals surface area (Å²) in [4.78, 5) is 74.4. The number of hydrogen-bond acceptors (Lipinski definition) is 11. The van der Waals surface area contributed by atoms with Crippen LogP contribution >= 0.6 is 11.8 Å². The van der Waals surface area contributed by atoms with E-state index in [1.807, 2.05) is 36.6 Å². The number of benzene rings is 1. The van der Waals surface area contributed by atoms with Gasteiger partial charge in [0.05, 0.1) is 25.7 Å². The number of amides is 3. The number of carbonyl (C=O) groups is 5. The summed E-state index contributed by atoms with van der Waals surface area (Å²) in [6.45, 7) is -0.212. The zero-order valence-electron chi connectivity index (χ0n) is 29.2. The highest BCUT2D eigenvalue weighted by molar-refractivity contribution is 7.98. The summed E-state index contributed by atoms with van der Waals surface area (Å²) < 4.78 is 17.4. The van der Waals surface area contributed by atoms with Crippen LogP contribution in [-0.4, -0.2) is 95.8 Å².